The quantitative estimate of drug-likeness (QED) is 0.622. The molecule has 0 atom stereocenters. The molecule has 5 nitrogen and oxygen atoms in total. The Morgan fingerprint density at radius 2 is 2.12 bits per heavy atom. The van der Waals surface area contributed by atoms with Crippen LogP contribution in [0.25, 0.3) is 0 Å². The van der Waals surface area contributed by atoms with Crippen molar-refractivity contribution in [2.24, 2.45) is 0 Å². The van der Waals surface area contributed by atoms with Crippen LogP contribution >= 0.6 is 15.9 Å². The number of anilines is 1. The molecule has 0 saturated carbocycles. The largest absolute Gasteiger partial charge is 0.544 e. The lowest BCUT2D eigenvalue weighted by Gasteiger charge is -2.20. The van der Waals surface area contributed by atoms with Crippen molar-refractivity contribution in [3.8, 4) is 0 Å². The van der Waals surface area contributed by atoms with Gasteiger partial charge in [0.05, 0.1) is 19.0 Å². The highest BCUT2D eigenvalue weighted by atomic mass is 79.9. The van der Waals surface area contributed by atoms with Gasteiger partial charge in [-0.25, -0.2) is 9.78 Å². The first-order valence-corrected chi connectivity index (χ1v) is 4.88. The topological polar surface area (TPSA) is 51.7 Å². The molecule has 0 fully saturated rings. The number of nitrogens with zero attached hydrogens (tertiary/aromatic N) is 2. The zero-order chi connectivity index (χ0) is 13.1. The van der Waals surface area contributed by atoms with Crippen LogP contribution in [0.4, 0.5) is 23.7 Å². The molecule has 0 aromatic carbocycles. The van der Waals surface area contributed by atoms with Gasteiger partial charge in [0.15, 0.2) is 0 Å². The summed E-state index contributed by atoms with van der Waals surface area (Å²) in [5.74, 6) is 0. The van der Waals surface area contributed by atoms with Crippen molar-refractivity contribution in [1.29, 1.82) is 0 Å². The molecule has 0 saturated heterocycles. The lowest BCUT2D eigenvalue weighted by molar-refractivity contribution is -0.326. The lowest BCUT2D eigenvalue weighted by Crippen LogP contribution is -2.36. The standard InChI is InChI=1S/C8H6BrF3N2O3/c1-16-7(15)14(17-8(10,11)12)5-2-3-6(9)13-4-5/h2-4H,1H3. The minimum atomic E-state index is -5.01. The fraction of sp³-hybridized carbons (Fsp3) is 0.250. The van der Waals surface area contributed by atoms with Gasteiger partial charge in [-0.05, 0) is 28.1 Å². The van der Waals surface area contributed by atoms with Crippen LogP contribution in [-0.4, -0.2) is 24.5 Å². The molecule has 0 unspecified atom stereocenters. The van der Waals surface area contributed by atoms with E-state index in [1.54, 1.807) is 0 Å². The fourth-order valence-electron chi connectivity index (χ4n) is 0.870. The summed E-state index contributed by atoms with van der Waals surface area (Å²) < 4.78 is 40.8. The van der Waals surface area contributed by atoms with E-state index in [4.69, 9.17) is 0 Å². The Morgan fingerprint density at radius 1 is 1.47 bits per heavy atom. The van der Waals surface area contributed by atoms with Crippen LogP contribution in [-0.2, 0) is 9.57 Å². The van der Waals surface area contributed by atoms with Crippen LogP contribution in [0.15, 0.2) is 22.9 Å². The average Bonchev–Trinajstić information content (AvgIpc) is 2.25. The monoisotopic (exact) mass is 314 g/mol. The molecule has 9 heteroatoms. The van der Waals surface area contributed by atoms with Crippen molar-refractivity contribution in [2.45, 2.75) is 6.36 Å². The van der Waals surface area contributed by atoms with E-state index in [1.165, 1.54) is 12.1 Å². The Labute approximate surface area is 102 Å². The Bertz CT molecular complexity index is 396. The van der Waals surface area contributed by atoms with Crippen LogP contribution in [0, 0.1) is 0 Å². The summed E-state index contributed by atoms with van der Waals surface area (Å²) >= 11 is 3.00. The van der Waals surface area contributed by atoms with E-state index in [-0.39, 0.29) is 10.8 Å². The number of hydrogen-bond donors (Lipinski definition) is 0. The number of carbonyl (C=O) groups excluding carboxylic acids is 1. The highest BCUT2D eigenvalue weighted by molar-refractivity contribution is 9.10. The highest BCUT2D eigenvalue weighted by Crippen LogP contribution is 2.24. The number of ether oxygens (including phenoxy) is 1. The molecule has 0 spiro atoms. The van der Waals surface area contributed by atoms with E-state index < -0.39 is 12.5 Å². The van der Waals surface area contributed by atoms with Gasteiger partial charge in [0, 0.05) is 0 Å². The van der Waals surface area contributed by atoms with E-state index in [0.29, 0.717) is 4.60 Å². The molecular weight excluding hydrogens is 309 g/mol. The maximum absolute atomic E-state index is 12.1. The smallest absolute Gasteiger partial charge is 0.451 e. The van der Waals surface area contributed by atoms with E-state index in [2.05, 4.69) is 30.5 Å². The molecular formula is C8H6BrF3N2O3. The number of hydrogen-bond acceptors (Lipinski definition) is 4. The summed E-state index contributed by atoms with van der Waals surface area (Å²) in [6.07, 6.45) is -5.31. The van der Waals surface area contributed by atoms with Gasteiger partial charge in [0.25, 0.3) is 0 Å². The molecule has 0 bridgehead atoms. The average molecular weight is 315 g/mol. The molecule has 0 aliphatic carbocycles. The summed E-state index contributed by atoms with van der Waals surface area (Å²) in [4.78, 5) is 18.3. The summed E-state index contributed by atoms with van der Waals surface area (Å²) in [6, 6.07) is 2.56. The second kappa shape index (κ2) is 5.32. The van der Waals surface area contributed by atoms with Crippen molar-refractivity contribution in [2.75, 3.05) is 12.2 Å². The Hall–Kier alpha value is -1.35. The molecule has 0 aliphatic rings. The predicted molar refractivity (Wildman–Crippen MR) is 54.0 cm³/mol. The molecule has 0 aliphatic heterocycles. The number of hydroxylamine groups is 1. The van der Waals surface area contributed by atoms with Crippen LogP contribution < -0.4 is 5.06 Å². The first kappa shape index (κ1) is 13.7. The Balaban J connectivity index is 2.98. The number of pyridine rings is 1. The van der Waals surface area contributed by atoms with Gasteiger partial charge in [-0.1, -0.05) is 0 Å². The molecule has 1 aromatic rings. The van der Waals surface area contributed by atoms with Gasteiger partial charge in [0.1, 0.15) is 4.60 Å². The van der Waals surface area contributed by atoms with Crippen molar-refractivity contribution >= 4 is 27.7 Å². The predicted octanol–water partition coefficient (Wildman–Crippen LogP) is 2.87. The van der Waals surface area contributed by atoms with Gasteiger partial charge < -0.3 is 4.74 Å². The normalized spacial score (nSPS) is 11.1. The van der Waals surface area contributed by atoms with Gasteiger partial charge in [-0.3, -0.25) is 0 Å². The number of carbonyl (C=O) groups is 1. The fourth-order valence-corrected chi connectivity index (χ4v) is 1.10. The minimum absolute atomic E-state index is 0.0422. The van der Waals surface area contributed by atoms with E-state index >= 15 is 0 Å². The molecule has 94 valence electrons. The third-order valence-electron chi connectivity index (χ3n) is 1.48. The van der Waals surface area contributed by atoms with Crippen LogP contribution in [0.2, 0.25) is 0 Å². The summed E-state index contributed by atoms with van der Waals surface area (Å²) in [5, 5.41) is -0.0422. The van der Waals surface area contributed by atoms with E-state index in [0.717, 1.165) is 13.3 Å². The first-order chi connectivity index (χ1) is 7.83. The molecule has 1 rings (SSSR count). The zero-order valence-corrected chi connectivity index (χ0v) is 9.95. The van der Waals surface area contributed by atoms with Crippen molar-refractivity contribution < 1.29 is 27.5 Å². The van der Waals surface area contributed by atoms with Gasteiger partial charge >= 0.3 is 12.5 Å². The minimum Gasteiger partial charge on any atom is -0.451 e. The summed E-state index contributed by atoms with van der Waals surface area (Å²) in [7, 11) is 0.932. The molecule has 0 radical (unpaired) electrons. The number of rotatable bonds is 2. The third kappa shape index (κ3) is 4.19. The third-order valence-corrected chi connectivity index (χ3v) is 1.95. The molecule has 0 N–H and O–H groups in total. The van der Waals surface area contributed by atoms with Crippen LogP contribution in [0.5, 0.6) is 0 Å². The number of aromatic nitrogens is 1. The van der Waals surface area contributed by atoms with Crippen LogP contribution in [0.3, 0.4) is 0 Å². The maximum Gasteiger partial charge on any atom is 0.544 e. The van der Waals surface area contributed by atoms with Crippen molar-refractivity contribution in [1.82, 2.24) is 4.98 Å². The van der Waals surface area contributed by atoms with Crippen LogP contribution in [0.1, 0.15) is 0 Å². The zero-order valence-electron chi connectivity index (χ0n) is 8.36. The van der Waals surface area contributed by atoms with E-state index in [1.807, 2.05) is 0 Å². The second-order valence-corrected chi connectivity index (χ2v) is 3.45. The SMILES string of the molecule is COC(=O)N(OC(F)(F)F)c1ccc(Br)nc1. The second-order valence-electron chi connectivity index (χ2n) is 2.64. The number of alkyl halides is 3. The lowest BCUT2D eigenvalue weighted by atomic mass is 10.4. The maximum atomic E-state index is 12.1. The number of methoxy groups -OCH3 is 1. The summed E-state index contributed by atoms with van der Waals surface area (Å²) in [6.45, 7) is 0. The molecule has 1 aromatic heterocycles. The molecule has 17 heavy (non-hydrogen) atoms. The Kier molecular flexibility index (Phi) is 4.29. The highest BCUT2D eigenvalue weighted by Gasteiger charge is 2.37. The van der Waals surface area contributed by atoms with Gasteiger partial charge in [-0.15, -0.1) is 18.2 Å². The number of halogens is 4. The van der Waals surface area contributed by atoms with Crippen molar-refractivity contribution in [3.05, 3.63) is 22.9 Å². The first-order valence-electron chi connectivity index (χ1n) is 4.09. The Morgan fingerprint density at radius 3 is 2.53 bits per heavy atom. The number of amides is 1. The van der Waals surface area contributed by atoms with E-state index in [9.17, 15) is 18.0 Å². The van der Waals surface area contributed by atoms with Crippen molar-refractivity contribution in [3.63, 3.8) is 0 Å². The van der Waals surface area contributed by atoms with Gasteiger partial charge in [0.2, 0.25) is 0 Å². The van der Waals surface area contributed by atoms with Gasteiger partial charge in [-0.2, -0.15) is 4.84 Å². The summed E-state index contributed by atoms with van der Waals surface area (Å²) in [5.41, 5.74) is -0.211. The molecule has 1 amide bonds. The molecule has 1 heterocycles.